The van der Waals surface area contributed by atoms with Gasteiger partial charge < -0.3 is 9.88 Å². The van der Waals surface area contributed by atoms with Crippen LogP contribution in [0.15, 0.2) is 41.4 Å². The molecule has 0 aliphatic heterocycles. The van der Waals surface area contributed by atoms with Crippen molar-refractivity contribution >= 4 is 33.4 Å². The van der Waals surface area contributed by atoms with Crippen LogP contribution in [0.25, 0.3) is 0 Å². The highest BCUT2D eigenvalue weighted by Crippen LogP contribution is 2.21. The lowest BCUT2D eigenvalue weighted by molar-refractivity contribution is 0.0936. The lowest BCUT2D eigenvalue weighted by atomic mass is 10.2. The van der Waals surface area contributed by atoms with Crippen molar-refractivity contribution < 1.29 is 4.79 Å². The zero-order valence-corrected chi connectivity index (χ0v) is 12.6. The van der Waals surface area contributed by atoms with Gasteiger partial charge in [-0.05, 0) is 41.1 Å². The first-order valence-corrected chi connectivity index (χ1v) is 6.95. The van der Waals surface area contributed by atoms with Crippen molar-refractivity contribution in [1.82, 2.24) is 14.9 Å². The Kier molecular flexibility index (Phi) is 4.61. The van der Waals surface area contributed by atoms with Gasteiger partial charge in [0.15, 0.2) is 0 Å². The maximum Gasteiger partial charge on any atom is 0.252 e. The van der Waals surface area contributed by atoms with E-state index in [1.807, 2.05) is 17.7 Å². The van der Waals surface area contributed by atoms with Gasteiger partial charge in [0, 0.05) is 34.5 Å². The Balaban J connectivity index is 2.02. The molecule has 1 atom stereocenters. The smallest absolute Gasteiger partial charge is 0.252 e. The molecule has 6 heteroatoms. The molecule has 2 rings (SSSR count). The number of benzene rings is 1. The standard InChI is InChI=1S/C13H13BrClN3O/c1-9(7-18-5-4-16-8-18)17-13(19)11-6-10(15)2-3-12(11)14/h2-6,8-9H,7H2,1H3,(H,17,19). The molecule has 0 saturated carbocycles. The SMILES string of the molecule is CC(Cn1ccnc1)NC(=O)c1cc(Cl)ccc1Br. The van der Waals surface area contributed by atoms with Gasteiger partial charge in [-0.1, -0.05) is 11.6 Å². The second kappa shape index (κ2) is 6.21. The van der Waals surface area contributed by atoms with Crippen LogP contribution in [-0.4, -0.2) is 21.5 Å². The Bertz CT molecular complexity index is 571. The second-order valence-electron chi connectivity index (χ2n) is 4.26. The van der Waals surface area contributed by atoms with Crippen LogP contribution in [0.4, 0.5) is 0 Å². The predicted octanol–water partition coefficient (Wildman–Crippen LogP) is 3.12. The monoisotopic (exact) mass is 341 g/mol. The highest BCUT2D eigenvalue weighted by atomic mass is 79.9. The summed E-state index contributed by atoms with van der Waals surface area (Å²) in [4.78, 5) is 16.1. The molecule has 0 aliphatic rings. The molecule has 1 aromatic carbocycles. The van der Waals surface area contributed by atoms with E-state index in [2.05, 4.69) is 26.2 Å². The molecule has 0 fully saturated rings. The Morgan fingerprint density at radius 2 is 2.37 bits per heavy atom. The number of rotatable bonds is 4. The van der Waals surface area contributed by atoms with Crippen LogP contribution in [-0.2, 0) is 6.54 Å². The van der Waals surface area contributed by atoms with Gasteiger partial charge in [-0.15, -0.1) is 0 Å². The van der Waals surface area contributed by atoms with Crippen LogP contribution < -0.4 is 5.32 Å². The molecule has 0 radical (unpaired) electrons. The highest BCUT2D eigenvalue weighted by molar-refractivity contribution is 9.10. The normalized spacial score (nSPS) is 12.2. The fraction of sp³-hybridized carbons (Fsp3) is 0.231. The Hall–Kier alpha value is -1.33. The summed E-state index contributed by atoms with van der Waals surface area (Å²) >= 11 is 9.25. The number of carbonyl (C=O) groups is 1. The average Bonchev–Trinajstić information content (AvgIpc) is 2.84. The molecule has 19 heavy (non-hydrogen) atoms. The number of nitrogens with one attached hydrogen (secondary N) is 1. The first-order chi connectivity index (χ1) is 9.06. The van der Waals surface area contributed by atoms with Crippen LogP contribution in [0.5, 0.6) is 0 Å². The molecule has 4 nitrogen and oxygen atoms in total. The third kappa shape index (κ3) is 3.81. The van der Waals surface area contributed by atoms with Crippen molar-refractivity contribution in [2.75, 3.05) is 0 Å². The van der Waals surface area contributed by atoms with Gasteiger partial charge in [-0.2, -0.15) is 0 Å². The predicted molar refractivity (Wildman–Crippen MR) is 78.3 cm³/mol. The van der Waals surface area contributed by atoms with E-state index in [9.17, 15) is 4.79 Å². The summed E-state index contributed by atoms with van der Waals surface area (Å²) in [5.41, 5.74) is 0.532. The fourth-order valence-electron chi connectivity index (χ4n) is 1.73. The molecule has 0 bridgehead atoms. The molecular formula is C13H13BrClN3O. The van der Waals surface area contributed by atoms with E-state index in [1.165, 1.54) is 0 Å². The summed E-state index contributed by atoms with van der Waals surface area (Å²) in [5, 5.41) is 3.46. The number of carbonyl (C=O) groups excluding carboxylic acids is 1. The summed E-state index contributed by atoms with van der Waals surface area (Å²) in [6, 6.07) is 5.13. The molecule has 100 valence electrons. The zero-order valence-electron chi connectivity index (χ0n) is 10.3. The van der Waals surface area contributed by atoms with Gasteiger partial charge in [0.2, 0.25) is 0 Å². The van der Waals surface area contributed by atoms with Gasteiger partial charge in [0.25, 0.3) is 5.91 Å². The maximum absolute atomic E-state index is 12.1. The summed E-state index contributed by atoms with van der Waals surface area (Å²) in [5.74, 6) is -0.151. The van der Waals surface area contributed by atoms with Gasteiger partial charge >= 0.3 is 0 Å². The largest absolute Gasteiger partial charge is 0.348 e. The third-order valence-corrected chi connectivity index (χ3v) is 3.52. The van der Waals surface area contributed by atoms with Crippen molar-refractivity contribution in [3.8, 4) is 0 Å². The molecule has 0 spiro atoms. The number of amides is 1. The van der Waals surface area contributed by atoms with E-state index in [4.69, 9.17) is 11.6 Å². The van der Waals surface area contributed by atoms with Crippen LogP contribution in [0.1, 0.15) is 17.3 Å². The highest BCUT2D eigenvalue weighted by Gasteiger charge is 2.13. The average molecular weight is 343 g/mol. The van der Waals surface area contributed by atoms with E-state index < -0.39 is 0 Å². The molecule has 1 unspecified atom stereocenters. The van der Waals surface area contributed by atoms with Crippen molar-refractivity contribution in [2.24, 2.45) is 0 Å². The van der Waals surface area contributed by atoms with Crippen LogP contribution >= 0.6 is 27.5 Å². The number of hydrogen-bond acceptors (Lipinski definition) is 2. The summed E-state index contributed by atoms with van der Waals surface area (Å²) in [6.45, 7) is 2.61. The number of halogens is 2. The Labute approximate surface area is 124 Å². The van der Waals surface area contributed by atoms with Crippen LogP contribution in [0, 0.1) is 0 Å². The van der Waals surface area contributed by atoms with Crippen LogP contribution in [0.3, 0.4) is 0 Å². The lowest BCUT2D eigenvalue weighted by Gasteiger charge is -2.15. The fourth-order valence-corrected chi connectivity index (χ4v) is 2.33. The minimum atomic E-state index is -0.151. The summed E-state index contributed by atoms with van der Waals surface area (Å²) in [7, 11) is 0. The zero-order chi connectivity index (χ0) is 13.8. The first kappa shape index (κ1) is 14.1. The third-order valence-electron chi connectivity index (χ3n) is 2.59. The van der Waals surface area contributed by atoms with Gasteiger partial charge in [0.1, 0.15) is 0 Å². The number of imidazole rings is 1. The molecule has 0 saturated heterocycles. The molecular weight excluding hydrogens is 330 g/mol. The Morgan fingerprint density at radius 3 is 3.05 bits per heavy atom. The lowest BCUT2D eigenvalue weighted by Crippen LogP contribution is -2.35. The molecule has 0 aliphatic carbocycles. The van der Waals surface area contributed by atoms with Crippen molar-refractivity contribution in [3.63, 3.8) is 0 Å². The quantitative estimate of drug-likeness (QED) is 0.928. The maximum atomic E-state index is 12.1. The summed E-state index contributed by atoms with van der Waals surface area (Å²) < 4.78 is 2.64. The molecule has 1 aromatic heterocycles. The van der Waals surface area contributed by atoms with Crippen molar-refractivity contribution in [1.29, 1.82) is 0 Å². The molecule has 1 amide bonds. The van der Waals surface area contributed by atoms with Crippen LogP contribution in [0.2, 0.25) is 5.02 Å². The van der Waals surface area contributed by atoms with E-state index >= 15 is 0 Å². The minimum absolute atomic E-state index is 0.00687. The van der Waals surface area contributed by atoms with E-state index in [0.29, 0.717) is 17.1 Å². The minimum Gasteiger partial charge on any atom is -0.348 e. The van der Waals surface area contributed by atoms with Crippen molar-refractivity contribution in [2.45, 2.75) is 19.5 Å². The van der Waals surface area contributed by atoms with Gasteiger partial charge in [-0.25, -0.2) is 4.98 Å². The van der Waals surface area contributed by atoms with Gasteiger partial charge in [0.05, 0.1) is 11.9 Å². The topological polar surface area (TPSA) is 46.9 Å². The van der Waals surface area contributed by atoms with E-state index in [-0.39, 0.29) is 11.9 Å². The van der Waals surface area contributed by atoms with Gasteiger partial charge in [-0.3, -0.25) is 4.79 Å². The first-order valence-electron chi connectivity index (χ1n) is 5.78. The molecule has 2 aromatic rings. The Morgan fingerprint density at radius 1 is 1.58 bits per heavy atom. The summed E-state index contributed by atoms with van der Waals surface area (Å²) in [6.07, 6.45) is 5.29. The number of hydrogen-bond donors (Lipinski definition) is 1. The molecule has 1 N–H and O–H groups in total. The number of aromatic nitrogens is 2. The second-order valence-corrected chi connectivity index (χ2v) is 5.55. The van der Waals surface area contributed by atoms with Crippen molar-refractivity contribution in [3.05, 3.63) is 52.0 Å². The van der Waals surface area contributed by atoms with E-state index in [1.54, 1.807) is 30.7 Å². The van der Waals surface area contributed by atoms with E-state index in [0.717, 1.165) is 4.47 Å². The molecule has 1 heterocycles. The number of nitrogens with zero attached hydrogens (tertiary/aromatic N) is 2.